The number of epoxide rings is 1. The van der Waals surface area contributed by atoms with Crippen LogP contribution in [-0.4, -0.2) is 17.5 Å². The Kier molecular flexibility index (Phi) is 1.33. The van der Waals surface area contributed by atoms with Crippen LogP contribution in [-0.2, 0) is 9.53 Å². The van der Waals surface area contributed by atoms with Crippen LogP contribution in [0.4, 0.5) is 0 Å². The number of ketones is 1. The first-order valence-corrected chi connectivity index (χ1v) is 5.39. The molecule has 0 bridgehead atoms. The molecule has 2 nitrogen and oxygen atoms in total. The molecule has 0 aromatic carbocycles. The van der Waals surface area contributed by atoms with Gasteiger partial charge >= 0.3 is 0 Å². The van der Waals surface area contributed by atoms with Crippen molar-refractivity contribution in [2.45, 2.75) is 57.2 Å². The molecule has 3 atom stereocenters. The third kappa shape index (κ3) is 0.804. The van der Waals surface area contributed by atoms with Crippen LogP contribution >= 0.6 is 0 Å². The zero-order chi connectivity index (χ0) is 9.10. The van der Waals surface area contributed by atoms with Gasteiger partial charge in [0.2, 0.25) is 0 Å². The highest BCUT2D eigenvalue weighted by Gasteiger charge is 2.71. The van der Waals surface area contributed by atoms with Crippen molar-refractivity contribution in [2.24, 2.45) is 5.41 Å². The van der Waals surface area contributed by atoms with Crippen LogP contribution in [0.5, 0.6) is 0 Å². The molecule has 0 aromatic heterocycles. The Bertz CT molecular complexity index is 273. The Labute approximate surface area is 78.6 Å². The van der Waals surface area contributed by atoms with E-state index < -0.39 is 0 Å². The minimum Gasteiger partial charge on any atom is -0.357 e. The van der Waals surface area contributed by atoms with Crippen LogP contribution < -0.4 is 0 Å². The Balaban J connectivity index is 1.97. The summed E-state index contributed by atoms with van der Waals surface area (Å²) in [5, 5.41) is 0. The van der Waals surface area contributed by atoms with E-state index in [4.69, 9.17) is 4.74 Å². The van der Waals surface area contributed by atoms with E-state index in [9.17, 15) is 4.79 Å². The number of carbonyl (C=O) groups is 1. The zero-order valence-corrected chi connectivity index (χ0v) is 8.14. The minimum absolute atomic E-state index is 0.000579. The average molecular weight is 180 g/mol. The lowest BCUT2D eigenvalue weighted by molar-refractivity contribution is -0.122. The van der Waals surface area contributed by atoms with Crippen LogP contribution in [0, 0.1) is 5.41 Å². The highest BCUT2D eigenvalue weighted by Crippen LogP contribution is 2.63. The second-order valence-corrected chi connectivity index (χ2v) is 5.12. The van der Waals surface area contributed by atoms with Crippen molar-refractivity contribution in [3.8, 4) is 0 Å². The molecule has 1 saturated heterocycles. The molecular formula is C11H16O2. The van der Waals surface area contributed by atoms with Gasteiger partial charge in [-0.15, -0.1) is 0 Å². The van der Waals surface area contributed by atoms with Gasteiger partial charge in [0.25, 0.3) is 0 Å². The molecule has 2 aliphatic carbocycles. The summed E-state index contributed by atoms with van der Waals surface area (Å²) in [6, 6.07) is 0. The highest BCUT2D eigenvalue weighted by molar-refractivity contribution is 5.88. The maximum Gasteiger partial charge on any atom is 0.164 e. The van der Waals surface area contributed by atoms with E-state index in [2.05, 4.69) is 6.92 Å². The van der Waals surface area contributed by atoms with E-state index in [0.717, 1.165) is 19.3 Å². The number of hydrogen-bond acceptors (Lipinski definition) is 2. The number of ether oxygens (including phenoxy) is 1. The average Bonchev–Trinajstić information content (AvgIpc) is 2.84. The number of rotatable bonds is 0. The minimum atomic E-state index is -0.00782. The lowest BCUT2D eigenvalue weighted by atomic mass is 9.60. The molecule has 0 aromatic rings. The normalized spacial score (nSPS) is 53.9. The van der Waals surface area contributed by atoms with E-state index in [1.807, 2.05) is 0 Å². The van der Waals surface area contributed by atoms with Crippen molar-refractivity contribution in [2.75, 3.05) is 0 Å². The first-order valence-electron chi connectivity index (χ1n) is 5.39. The Morgan fingerprint density at radius 3 is 2.92 bits per heavy atom. The van der Waals surface area contributed by atoms with Crippen LogP contribution in [0.3, 0.4) is 0 Å². The van der Waals surface area contributed by atoms with Crippen molar-refractivity contribution in [3.05, 3.63) is 0 Å². The van der Waals surface area contributed by atoms with Gasteiger partial charge in [0.1, 0.15) is 11.7 Å². The van der Waals surface area contributed by atoms with Gasteiger partial charge in [0.05, 0.1) is 0 Å². The molecule has 2 heteroatoms. The Hall–Kier alpha value is -0.370. The maximum atomic E-state index is 11.5. The molecule has 3 fully saturated rings. The summed E-state index contributed by atoms with van der Waals surface area (Å²) in [5.41, 5.74) is 0.324. The molecule has 1 spiro atoms. The molecule has 1 aliphatic heterocycles. The van der Waals surface area contributed by atoms with Crippen molar-refractivity contribution in [1.29, 1.82) is 0 Å². The molecular weight excluding hydrogens is 164 g/mol. The van der Waals surface area contributed by atoms with Crippen LogP contribution in [0.15, 0.2) is 0 Å². The molecule has 1 heterocycles. The first kappa shape index (κ1) is 7.98. The van der Waals surface area contributed by atoms with Crippen molar-refractivity contribution in [3.63, 3.8) is 0 Å². The van der Waals surface area contributed by atoms with E-state index in [1.165, 1.54) is 19.3 Å². The standard InChI is InChI=1S/C11H16O2/c1-10-5-2-3-6-11(10)9(13-11)8(12)4-7-10/h9H,2-7H2,1H3/t9-,10+,11-/m1/s1. The molecule has 13 heavy (non-hydrogen) atoms. The van der Waals surface area contributed by atoms with Crippen LogP contribution in [0.25, 0.3) is 0 Å². The Morgan fingerprint density at radius 2 is 2.08 bits per heavy atom. The van der Waals surface area contributed by atoms with E-state index in [0.29, 0.717) is 11.2 Å². The first-order chi connectivity index (χ1) is 6.18. The number of Topliss-reactive ketones (excluding diaryl/α,β-unsaturated/α-hetero) is 1. The van der Waals surface area contributed by atoms with Crippen molar-refractivity contribution >= 4 is 5.78 Å². The molecule has 2 saturated carbocycles. The van der Waals surface area contributed by atoms with E-state index >= 15 is 0 Å². The van der Waals surface area contributed by atoms with Gasteiger partial charge in [-0.2, -0.15) is 0 Å². The predicted octanol–water partition coefficient (Wildman–Crippen LogP) is 2.07. The zero-order valence-electron chi connectivity index (χ0n) is 8.14. The summed E-state index contributed by atoms with van der Waals surface area (Å²) < 4.78 is 5.74. The summed E-state index contributed by atoms with van der Waals surface area (Å²) in [5.74, 6) is 0.361. The fourth-order valence-electron chi connectivity index (χ4n) is 3.43. The number of hydrogen-bond donors (Lipinski definition) is 0. The summed E-state index contributed by atoms with van der Waals surface area (Å²) in [6.07, 6.45) is 6.76. The van der Waals surface area contributed by atoms with Gasteiger partial charge in [0.15, 0.2) is 5.78 Å². The quantitative estimate of drug-likeness (QED) is 0.534. The largest absolute Gasteiger partial charge is 0.357 e. The van der Waals surface area contributed by atoms with Gasteiger partial charge in [-0.3, -0.25) is 4.79 Å². The highest BCUT2D eigenvalue weighted by atomic mass is 16.6. The van der Waals surface area contributed by atoms with Gasteiger partial charge in [0, 0.05) is 11.8 Å². The van der Waals surface area contributed by atoms with Gasteiger partial charge < -0.3 is 4.74 Å². The van der Waals surface area contributed by atoms with Gasteiger partial charge in [-0.1, -0.05) is 19.8 Å². The fraction of sp³-hybridized carbons (Fsp3) is 0.909. The van der Waals surface area contributed by atoms with Gasteiger partial charge in [-0.25, -0.2) is 0 Å². The lowest BCUT2D eigenvalue weighted by Crippen LogP contribution is -2.45. The lowest BCUT2D eigenvalue weighted by Gasteiger charge is -2.42. The molecule has 72 valence electrons. The molecule has 3 aliphatic rings. The van der Waals surface area contributed by atoms with Crippen molar-refractivity contribution < 1.29 is 9.53 Å². The van der Waals surface area contributed by atoms with Gasteiger partial charge in [-0.05, 0) is 19.3 Å². The smallest absolute Gasteiger partial charge is 0.164 e. The van der Waals surface area contributed by atoms with E-state index in [1.54, 1.807) is 0 Å². The summed E-state index contributed by atoms with van der Waals surface area (Å²) in [7, 11) is 0. The van der Waals surface area contributed by atoms with E-state index in [-0.39, 0.29) is 11.7 Å². The van der Waals surface area contributed by atoms with Crippen molar-refractivity contribution in [1.82, 2.24) is 0 Å². The predicted molar refractivity (Wildman–Crippen MR) is 48.4 cm³/mol. The number of carbonyl (C=O) groups excluding carboxylic acids is 1. The molecule has 0 amide bonds. The van der Waals surface area contributed by atoms with Crippen LogP contribution in [0.1, 0.15) is 45.4 Å². The summed E-state index contributed by atoms with van der Waals surface area (Å²) >= 11 is 0. The summed E-state index contributed by atoms with van der Waals surface area (Å²) in [4.78, 5) is 11.5. The molecule has 0 radical (unpaired) electrons. The maximum absolute atomic E-state index is 11.5. The fourth-order valence-corrected chi connectivity index (χ4v) is 3.43. The second-order valence-electron chi connectivity index (χ2n) is 5.12. The monoisotopic (exact) mass is 180 g/mol. The van der Waals surface area contributed by atoms with Crippen LogP contribution in [0.2, 0.25) is 0 Å². The third-order valence-corrected chi connectivity index (χ3v) is 4.46. The molecule has 0 N–H and O–H groups in total. The molecule has 3 rings (SSSR count). The summed E-state index contributed by atoms with van der Waals surface area (Å²) in [6.45, 7) is 2.32. The third-order valence-electron chi connectivity index (χ3n) is 4.46. The topological polar surface area (TPSA) is 29.6 Å². The Morgan fingerprint density at radius 1 is 1.31 bits per heavy atom. The SMILES string of the molecule is C[C@@]12CCCC[C@]13O[C@@H]3C(=O)CC2. The molecule has 0 unspecified atom stereocenters. The second kappa shape index (κ2) is 2.17.